The summed E-state index contributed by atoms with van der Waals surface area (Å²) in [5, 5.41) is 7.33. The zero-order valence-electron chi connectivity index (χ0n) is 13.6. The van der Waals surface area contributed by atoms with Crippen molar-refractivity contribution in [1.29, 1.82) is 0 Å². The molecule has 0 aliphatic heterocycles. The van der Waals surface area contributed by atoms with Crippen LogP contribution in [-0.4, -0.2) is 22.5 Å². The Morgan fingerprint density at radius 1 is 1.33 bits per heavy atom. The van der Waals surface area contributed by atoms with E-state index in [1.807, 2.05) is 38.2 Å². The predicted octanol–water partition coefficient (Wildman–Crippen LogP) is 3.47. The molecule has 0 fully saturated rings. The van der Waals surface area contributed by atoms with Gasteiger partial charge >= 0.3 is 6.03 Å². The number of fused-ring (bicyclic) bond motifs is 1. The molecule has 1 aromatic carbocycles. The molecule has 3 rings (SSSR count). The zero-order valence-corrected chi connectivity index (χ0v) is 14.3. The molecule has 0 unspecified atom stereocenters. The van der Waals surface area contributed by atoms with Gasteiger partial charge in [-0.05, 0) is 44.0 Å². The second-order valence-corrected chi connectivity index (χ2v) is 6.05. The van der Waals surface area contributed by atoms with Gasteiger partial charge in [-0.2, -0.15) is 0 Å². The van der Waals surface area contributed by atoms with Crippen LogP contribution in [0.15, 0.2) is 28.8 Å². The topological polar surface area (TPSA) is 83.0 Å². The lowest BCUT2D eigenvalue weighted by Crippen LogP contribution is -2.36. The van der Waals surface area contributed by atoms with Crippen molar-refractivity contribution in [2.24, 2.45) is 0 Å². The van der Waals surface area contributed by atoms with Gasteiger partial charge in [0.15, 0.2) is 0 Å². The number of halogens is 1. The van der Waals surface area contributed by atoms with E-state index in [0.29, 0.717) is 23.9 Å². The van der Waals surface area contributed by atoms with E-state index in [-0.39, 0.29) is 12.6 Å². The molecule has 126 valence electrons. The molecule has 0 saturated carbocycles. The number of nitrogens with zero attached hydrogens (tertiary/aromatic N) is 1. The number of aromatic nitrogens is 2. The van der Waals surface area contributed by atoms with Gasteiger partial charge in [0, 0.05) is 28.7 Å². The van der Waals surface area contributed by atoms with Crippen molar-refractivity contribution in [2.45, 2.75) is 26.8 Å². The van der Waals surface area contributed by atoms with Gasteiger partial charge < -0.3 is 20.0 Å². The third kappa shape index (κ3) is 3.71. The molecule has 0 bridgehead atoms. The lowest BCUT2D eigenvalue weighted by atomic mass is 10.1. The molecule has 3 aromatic rings. The van der Waals surface area contributed by atoms with E-state index in [9.17, 15) is 4.79 Å². The number of nitrogens with one attached hydrogen (secondary N) is 3. The highest BCUT2D eigenvalue weighted by atomic mass is 35.5. The molecule has 2 amide bonds. The Morgan fingerprint density at radius 3 is 2.92 bits per heavy atom. The lowest BCUT2D eigenvalue weighted by Gasteiger charge is -2.06. The van der Waals surface area contributed by atoms with Crippen LogP contribution in [0.2, 0.25) is 5.02 Å². The second-order valence-electron chi connectivity index (χ2n) is 5.61. The van der Waals surface area contributed by atoms with Crippen molar-refractivity contribution in [3.63, 3.8) is 0 Å². The zero-order chi connectivity index (χ0) is 17.1. The first-order valence-electron chi connectivity index (χ1n) is 7.73. The monoisotopic (exact) mass is 346 g/mol. The van der Waals surface area contributed by atoms with Crippen LogP contribution in [0.5, 0.6) is 0 Å². The van der Waals surface area contributed by atoms with Crippen LogP contribution in [0.4, 0.5) is 4.79 Å². The van der Waals surface area contributed by atoms with Crippen LogP contribution in [0.3, 0.4) is 0 Å². The first-order chi connectivity index (χ1) is 11.5. The number of amides is 2. The summed E-state index contributed by atoms with van der Waals surface area (Å²) >= 11 is 6.04. The van der Waals surface area contributed by atoms with E-state index in [1.165, 1.54) is 0 Å². The number of aromatic amines is 1. The molecule has 0 aliphatic rings. The third-order valence-corrected chi connectivity index (χ3v) is 4.12. The summed E-state index contributed by atoms with van der Waals surface area (Å²) in [5.74, 6) is 1.27. The van der Waals surface area contributed by atoms with Crippen molar-refractivity contribution < 1.29 is 9.21 Å². The first-order valence-corrected chi connectivity index (χ1v) is 8.11. The van der Waals surface area contributed by atoms with Crippen LogP contribution < -0.4 is 10.6 Å². The summed E-state index contributed by atoms with van der Waals surface area (Å²) in [7, 11) is 0. The molecule has 0 saturated heterocycles. The fourth-order valence-electron chi connectivity index (χ4n) is 2.50. The van der Waals surface area contributed by atoms with Crippen LogP contribution in [0.1, 0.15) is 22.9 Å². The minimum Gasteiger partial charge on any atom is -0.444 e. The summed E-state index contributed by atoms with van der Waals surface area (Å²) in [4.78, 5) is 19.3. The molecule has 0 spiro atoms. The number of hydrogen-bond acceptors (Lipinski definition) is 3. The minimum atomic E-state index is -0.249. The van der Waals surface area contributed by atoms with Gasteiger partial charge in [0.1, 0.15) is 5.76 Å². The summed E-state index contributed by atoms with van der Waals surface area (Å²) in [5.41, 5.74) is 2.99. The molecule has 2 aromatic heterocycles. The molecule has 0 radical (unpaired) electrons. The average Bonchev–Trinajstić information content (AvgIpc) is 3.09. The first kappa shape index (κ1) is 16.4. The van der Waals surface area contributed by atoms with Crippen molar-refractivity contribution in [1.82, 2.24) is 20.6 Å². The number of aryl methyl sites for hydroxylation is 2. The van der Waals surface area contributed by atoms with Gasteiger partial charge in [0.2, 0.25) is 5.89 Å². The van der Waals surface area contributed by atoms with Gasteiger partial charge in [0.05, 0.1) is 12.2 Å². The summed E-state index contributed by atoms with van der Waals surface area (Å²) in [6.07, 6.45) is 2.66. The van der Waals surface area contributed by atoms with Crippen molar-refractivity contribution in [2.75, 3.05) is 6.54 Å². The smallest absolute Gasteiger partial charge is 0.315 e. The van der Waals surface area contributed by atoms with Gasteiger partial charge in [-0.1, -0.05) is 11.6 Å². The summed E-state index contributed by atoms with van der Waals surface area (Å²) in [6.45, 7) is 4.51. The lowest BCUT2D eigenvalue weighted by molar-refractivity contribution is 0.239. The maximum absolute atomic E-state index is 11.8. The Bertz CT molecular complexity index is 849. The van der Waals surface area contributed by atoms with Gasteiger partial charge in [-0.3, -0.25) is 0 Å². The van der Waals surface area contributed by atoms with Crippen LogP contribution in [0, 0.1) is 13.8 Å². The van der Waals surface area contributed by atoms with E-state index in [2.05, 4.69) is 20.6 Å². The fraction of sp³-hybridized carbons (Fsp3) is 0.294. The Kier molecular flexibility index (Phi) is 4.76. The largest absolute Gasteiger partial charge is 0.444 e. The van der Waals surface area contributed by atoms with Crippen molar-refractivity contribution in [3.8, 4) is 0 Å². The van der Waals surface area contributed by atoms with Crippen LogP contribution in [0.25, 0.3) is 10.9 Å². The standard InChI is InChI=1S/C17H19ClN4O2/c1-10-11(2)24-16(22-10)9-21-17(23)19-6-5-12-8-20-15-4-3-13(18)7-14(12)15/h3-4,7-8,20H,5-6,9H2,1-2H3,(H2,19,21,23). The van der Waals surface area contributed by atoms with Gasteiger partial charge in [-0.25, -0.2) is 9.78 Å². The highest BCUT2D eigenvalue weighted by molar-refractivity contribution is 6.31. The normalized spacial score (nSPS) is 11.0. The number of urea groups is 1. The Balaban J connectivity index is 1.48. The Labute approximate surface area is 144 Å². The number of benzene rings is 1. The predicted molar refractivity (Wildman–Crippen MR) is 93.2 cm³/mol. The SMILES string of the molecule is Cc1nc(CNC(=O)NCCc2c[nH]c3ccc(Cl)cc23)oc1C. The number of rotatable bonds is 5. The van der Waals surface area contributed by atoms with Crippen molar-refractivity contribution >= 4 is 28.5 Å². The number of H-pyrrole nitrogens is 1. The fourth-order valence-corrected chi connectivity index (χ4v) is 2.67. The number of carbonyl (C=O) groups is 1. The van der Waals surface area contributed by atoms with E-state index >= 15 is 0 Å². The molecule has 0 aliphatic carbocycles. The summed E-state index contributed by atoms with van der Waals surface area (Å²) in [6, 6.07) is 5.47. The average molecular weight is 347 g/mol. The highest BCUT2D eigenvalue weighted by Crippen LogP contribution is 2.22. The number of carbonyl (C=O) groups excluding carboxylic acids is 1. The molecule has 0 atom stereocenters. The molecule has 3 N–H and O–H groups in total. The molecule has 2 heterocycles. The van der Waals surface area contributed by atoms with Crippen LogP contribution >= 0.6 is 11.6 Å². The number of oxazole rings is 1. The minimum absolute atomic E-state index is 0.249. The van der Waals surface area contributed by atoms with E-state index in [4.69, 9.17) is 16.0 Å². The van der Waals surface area contributed by atoms with E-state index < -0.39 is 0 Å². The quantitative estimate of drug-likeness (QED) is 0.661. The van der Waals surface area contributed by atoms with Gasteiger partial charge in [-0.15, -0.1) is 0 Å². The molecular formula is C17H19ClN4O2. The maximum atomic E-state index is 11.8. The van der Waals surface area contributed by atoms with E-state index in [0.717, 1.165) is 27.9 Å². The Hall–Kier alpha value is -2.47. The molecule has 7 heteroatoms. The third-order valence-electron chi connectivity index (χ3n) is 3.88. The molecule has 24 heavy (non-hydrogen) atoms. The highest BCUT2D eigenvalue weighted by Gasteiger charge is 2.08. The molecule has 6 nitrogen and oxygen atoms in total. The van der Waals surface area contributed by atoms with Gasteiger partial charge in [0.25, 0.3) is 0 Å². The maximum Gasteiger partial charge on any atom is 0.315 e. The van der Waals surface area contributed by atoms with Crippen LogP contribution in [-0.2, 0) is 13.0 Å². The number of hydrogen-bond donors (Lipinski definition) is 3. The summed E-state index contributed by atoms with van der Waals surface area (Å²) < 4.78 is 5.42. The second kappa shape index (κ2) is 6.97. The molecular weight excluding hydrogens is 328 g/mol. The van der Waals surface area contributed by atoms with Crippen molar-refractivity contribution in [3.05, 3.63) is 52.3 Å². The Morgan fingerprint density at radius 2 is 2.17 bits per heavy atom. The van der Waals surface area contributed by atoms with E-state index in [1.54, 1.807) is 0 Å².